The van der Waals surface area contributed by atoms with E-state index in [0.717, 1.165) is 247 Å². The first-order valence-corrected chi connectivity index (χ1v) is 43.6. The van der Waals surface area contributed by atoms with Crippen LogP contribution < -0.4 is 57.2 Å². The minimum Gasteiger partial charge on any atom is -0.378 e. The Hall–Kier alpha value is -11.3. The summed E-state index contributed by atoms with van der Waals surface area (Å²) in [5.74, 6) is 4.12. The van der Waals surface area contributed by atoms with Crippen molar-refractivity contribution >= 4 is 190 Å². The van der Waals surface area contributed by atoms with Gasteiger partial charge in [0.05, 0.1) is 114 Å². The molecule has 0 unspecified atom stereocenters. The number of hydrogen-bond acceptors (Lipinski definition) is 26. The summed E-state index contributed by atoms with van der Waals surface area (Å²) in [4.78, 5) is 70.3. The monoisotopic (exact) mass is 1770 g/mol. The molecular weight excluding hydrogens is 1680 g/mol. The highest BCUT2D eigenvalue weighted by Crippen LogP contribution is 2.41. The third-order valence-electron chi connectivity index (χ3n) is 21.8. The van der Waals surface area contributed by atoms with Crippen molar-refractivity contribution in [2.75, 3.05) is 150 Å². The van der Waals surface area contributed by atoms with Crippen molar-refractivity contribution in [3.05, 3.63) is 218 Å². The third-order valence-corrected chi connectivity index (χ3v) is 23.5. The normalized spacial score (nSPS) is 14.9. The second-order valence-electron chi connectivity index (χ2n) is 31.3. The Kier molecular flexibility index (Phi) is 26.8. The highest BCUT2D eigenvalue weighted by atomic mass is 35.5. The molecule has 0 amide bonds. The molecule has 15 heterocycles. The molecule has 123 heavy (non-hydrogen) atoms. The number of hydrogen-bond donors (Lipinski definition) is 8. The number of aromatic nitrogens is 12. The number of morpholine rings is 1. The molecule has 3 fully saturated rings. The van der Waals surface area contributed by atoms with Crippen LogP contribution in [0, 0.1) is 27.7 Å². The van der Waals surface area contributed by atoms with Crippen molar-refractivity contribution in [1.82, 2.24) is 69.6 Å². The number of pyridine rings is 4. The van der Waals surface area contributed by atoms with Gasteiger partial charge >= 0.3 is 0 Å². The van der Waals surface area contributed by atoms with Crippen molar-refractivity contribution in [2.24, 2.45) is 0 Å². The van der Waals surface area contributed by atoms with Crippen LogP contribution in [0.2, 0.25) is 15.1 Å². The van der Waals surface area contributed by atoms with Crippen molar-refractivity contribution in [1.29, 1.82) is 0 Å². The fraction of sp³-hybridized carbons (Fsp3) is 0.289. The highest BCUT2D eigenvalue weighted by Gasteiger charge is 2.27. The Morgan fingerprint density at radius 2 is 0.837 bits per heavy atom. The molecule has 7 aliphatic rings. The van der Waals surface area contributed by atoms with Gasteiger partial charge in [-0.2, -0.15) is 0 Å². The Balaban J connectivity index is 0.000000121. The molecule has 3 saturated heterocycles. The number of nitrogens with one attached hydrogen (secondary N) is 8. The van der Waals surface area contributed by atoms with Crippen LogP contribution in [0.3, 0.4) is 0 Å². The van der Waals surface area contributed by atoms with Crippen molar-refractivity contribution < 1.29 is 4.74 Å². The molecule has 628 valence electrons. The molecule has 0 radical (unpaired) electrons. The van der Waals surface area contributed by atoms with E-state index in [-0.39, 0.29) is 0 Å². The van der Waals surface area contributed by atoms with Gasteiger partial charge in [0.15, 0.2) is 0 Å². The van der Waals surface area contributed by atoms with E-state index in [1.807, 2.05) is 125 Å². The lowest BCUT2D eigenvalue weighted by atomic mass is 10.0. The highest BCUT2D eigenvalue weighted by molar-refractivity contribution is 7.81. The Labute approximate surface area is 751 Å². The lowest BCUT2D eigenvalue weighted by molar-refractivity contribution is 0.122. The number of thiocarbonyl (C=S) groups is 4. The first kappa shape index (κ1) is 85.3. The first-order chi connectivity index (χ1) is 59.6. The summed E-state index contributed by atoms with van der Waals surface area (Å²) >= 11 is 40.5. The Morgan fingerprint density at radius 3 is 1.28 bits per heavy atom. The summed E-state index contributed by atoms with van der Waals surface area (Å²) in [6.45, 7) is 18.5. The maximum Gasteiger partial charge on any atom is 0.227 e. The van der Waals surface area contributed by atoms with Crippen LogP contribution in [0.5, 0.6) is 0 Å². The van der Waals surface area contributed by atoms with Crippen LogP contribution >= 0.6 is 83.7 Å². The number of halogens is 3. The molecule has 8 aromatic heterocycles. The van der Waals surface area contributed by atoms with Crippen molar-refractivity contribution in [3.8, 4) is 45.0 Å². The summed E-state index contributed by atoms with van der Waals surface area (Å²) in [7, 11) is 6.33. The van der Waals surface area contributed by atoms with E-state index in [0.29, 0.717) is 69.5 Å². The predicted octanol–water partition coefficient (Wildman–Crippen LogP) is 18.2. The van der Waals surface area contributed by atoms with Crippen LogP contribution in [0.4, 0.5) is 86.6 Å². The fourth-order valence-electron chi connectivity index (χ4n) is 15.3. The van der Waals surface area contributed by atoms with Gasteiger partial charge in [0.2, 0.25) is 23.8 Å². The number of fused-ring (bicyclic) bond motifs is 12. The maximum absolute atomic E-state index is 6.19. The molecule has 0 atom stereocenters. The standard InChI is InChI=1S/C23H25ClN6S.C23H24N6S.C22H22ClN7S.C22H21ClN6OS/c1-14-19(9-15(12-25-14)5-4-8-30(2)3)28-23-26-13-16-10-21(31)27-20-11-17(24)6-7-18(20)22(16)29-23;1-14-5-6-17-19(11-14)26-21(30)12-16-13-24-23(28-22(16)17)27-18-7-8-20(25-15(18)2)29-9-3-4-10-29;1-29-4-6-30(7-5-29)17-10-16(12-24-13-17)26-22-25-11-14-8-20(31)27-19-9-15(23)2-3-18(19)21(14)28-22;1-13-17(4-5-19(25-13)29-6-8-30-9-7-29)27-22-24-12-14-10-20(31)26-18-11-15(23)2-3-16(18)21(14)28-22/h6-7,9,11-13H,4-5,8,10H2,1-3H3,(H,27,31)(H,26,28,29);5-8,11,13H,3-4,9-10,12H2,1-2H3,(H,26,30)(H,24,27,28);2-3,9-13H,4-8H2,1H3,(H,27,31)(H,25,26,28);2-5,11-12H,6-10H2,1H3,(H,26,31)(H,24,27,28). The van der Waals surface area contributed by atoms with Gasteiger partial charge in [-0.15, -0.1) is 0 Å². The van der Waals surface area contributed by atoms with E-state index in [9.17, 15) is 0 Å². The third kappa shape index (κ3) is 21.2. The summed E-state index contributed by atoms with van der Waals surface area (Å²) < 4.78 is 5.43. The summed E-state index contributed by atoms with van der Waals surface area (Å²) in [5.41, 5.74) is 24.7. The average molecular weight is 1770 g/mol. The van der Waals surface area contributed by atoms with E-state index in [2.05, 4.69) is 167 Å². The average Bonchev–Trinajstić information content (AvgIpc) is 1.74. The number of aryl methyl sites for hydroxylation is 5. The number of rotatable bonds is 15. The number of benzene rings is 4. The first-order valence-electron chi connectivity index (χ1n) is 40.8. The molecule has 0 aliphatic carbocycles. The van der Waals surface area contributed by atoms with Crippen LogP contribution in [0.25, 0.3) is 45.0 Å². The largest absolute Gasteiger partial charge is 0.378 e. The van der Waals surface area contributed by atoms with E-state index in [1.54, 1.807) is 6.20 Å². The number of anilines is 15. The van der Waals surface area contributed by atoms with Gasteiger partial charge < -0.3 is 71.8 Å². The zero-order chi connectivity index (χ0) is 85.4. The van der Waals surface area contributed by atoms with Gasteiger partial charge in [-0.25, -0.2) is 49.8 Å². The lowest BCUT2D eigenvalue weighted by Gasteiger charge is -2.33. The SMILES string of the molecule is CN1CCN(c2cncc(Nc3ncc4c(n3)-c3ccc(Cl)cc3NC(=S)C4)c2)CC1.Cc1ccc2c(c1)NC(=S)Cc1cnc(Nc3ccc(N4CCCC4)nc3C)nc1-2.Cc1nc(N2CCOCC2)ccc1Nc1ncc2c(n1)-c1ccc(Cl)cc1NC(=S)C2.Cc1ncc(CCCN(C)C)cc1Nc1ncc2c(n1)-c1ccc(Cl)cc1NC(=S)C2. The van der Waals surface area contributed by atoms with E-state index in [4.69, 9.17) is 118 Å². The number of piperazine rings is 1. The zero-order valence-electron chi connectivity index (χ0n) is 69.1. The molecule has 0 saturated carbocycles. The quantitative estimate of drug-likeness (QED) is 0.0443. The van der Waals surface area contributed by atoms with E-state index in [1.165, 1.54) is 24.0 Å². The summed E-state index contributed by atoms with van der Waals surface area (Å²) in [6.07, 6.45) is 19.9. The van der Waals surface area contributed by atoms with E-state index >= 15 is 0 Å². The van der Waals surface area contributed by atoms with Gasteiger partial charge in [0.1, 0.15) is 11.6 Å². The van der Waals surface area contributed by atoms with Gasteiger partial charge in [0.25, 0.3) is 0 Å². The minimum atomic E-state index is 0.511. The smallest absolute Gasteiger partial charge is 0.227 e. The van der Waals surface area contributed by atoms with Gasteiger partial charge in [-0.05, 0) is 189 Å². The number of ether oxygens (including phenoxy) is 1. The summed E-state index contributed by atoms with van der Waals surface area (Å²) in [6, 6.07) is 35.8. The minimum absolute atomic E-state index is 0.511. The predicted molar refractivity (Wildman–Crippen MR) is 515 cm³/mol. The van der Waals surface area contributed by atoms with Gasteiger partial charge in [0, 0.05) is 191 Å². The molecule has 0 bridgehead atoms. The number of likely N-dealkylation sites (N-methyl/N-ethyl adjacent to an activating group) is 1. The Bertz CT molecular complexity index is 6020. The van der Waals surface area contributed by atoms with Crippen molar-refractivity contribution in [3.63, 3.8) is 0 Å². The van der Waals surface area contributed by atoms with Crippen LogP contribution in [-0.2, 0) is 36.8 Å². The zero-order valence-corrected chi connectivity index (χ0v) is 74.7. The second kappa shape index (κ2) is 38.6. The molecule has 7 aliphatic heterocycles. The van der Waals surface area contributed by atoms with Gasteiger partial charge in [-0.1, -0.05) is 95.8 Å². The molecule has 19 rings (SSSR count). The van der Waals surface area contributed by atoms with Crippen LogP contribution in [0.15, 0.2) is 153 Å². The Morgan fingerprint density at radius 1 is 0.415 bits per heavy atom. The molecule has 26 nitrogen and oxygen atoms in total. The maximum atomic E-state index is 6.19. The molecule has 0 spiro atoms. The molecule has 12 aromatic rings. The van der Waals surface area contributed by atoms with Crippen molar-refractivity contribution in [2.45, 2.75) is 79.1 Å². The fourth-order valence-corrected chi connectivity index (χ4v) is 16.9. The topological polar surface area (TPSA) is 276 Å². The lowest BCUT2D eigenvalue weighted by Crippen LogP contribution is -2.44. The second-order valence-corrected chi connectivity index (χ2v) is 34.6. The van der Waals surface area contributed by atoms with Gasteiger partial charge in [-0.3, -0.25) is 9.97 Å². The molecule has 8 N–H and O–H groups in total. The van der Waals surface area contributed by atoms with E-state index < -0.39 is 0 Å². The van der Waals surface area contributed by atoms with Crippen LogP contribution in [-0.4, -0.2) is 183 Å². The molecular formula is C90H92Cl3N25OS4. The number of nitrogens with zero attached hydrogens (tertiary/aromatic N) is 17. The molecule has 33 heteroatoms. The molecule has 4 aromatic carbocycles. The van der Waals surface area contributed by atoms with Crippen LogP contribution in [0.1, 0.15) is 69.7 Å². The summed E-state index contributed by atoms with van der Waals surface area (Å²) in [5, 5.41) is 28.4.